The van der Waals surface area contributed by atoms with Gasteiger partial charge in [0.1, 0.15) is 5.75 Å². The summed E-state index contributed by atoms with van der Waals surface area (Å²) < 4.78 is 5.48. The molecule has 4 rings (SSSR count). The molecule has 146 valence electrons. The highest BCUT2D eigenvalue weighted by atomic mass is 32.2. The van der Waals surface area contributed by atoms with Gasteiger partial charge in [0.05, 0.1) is 23.3 Å². The van der Waals surface area contributed by atoms with Gasteiger partial charge < -0.3 is 4.74 Å². The Hall–Kier alpha value is -3.05. The van der Waals surface area contributed by atoms with Gasteiger partial charge in [0.15, 0.2) is 0 Å². The monoisotopic (exact) mass is 403 g/mol. The topological polar surface area (TPSA) is 46.6 Å². The minimum Gasteiger partial charge on any atom is -0.496 e. The lowest BCUT2D eigenvalue weighted by atomic mass is 10.0. The van der Waals surface area contributed by atoms with E-state index in [1.165, 1.54) is 16.7 Å². The third-order valence-electron chi connectivity index (χ3n) is 4.78. The van der Waals surface area contributed by atoms with Gasteiger partial charge in [-0.15, -0.1) is 11.8 Å². The largest absolute Gasteiger partial charge is 0.496 e. The Kier molecular flexibility index (Phi) is 5.16. The summed E-state index contributed by atoms with van der Waals surface area (Å²) in [5.41, 5.74) is 1.64. The predicted octanol–water partition coefficient (Wildman–Crippen LogP) is 5.27. The molecule has 2 amide bonds. The summed E-state index contributed by atoms with van der Waals surface area (Å²) in [6.07, 6.45) is 0. The number of hydrogen-bond acceptors (Lipinski definition) is 4. The number of benzene rings is 3. The quantitative estimate of drug-likeness (QED) is 0.544. The molecule has 0 radical (unpaired) electrons. The Labute approximate surface area is 174 Å². The molecule has 0 atom stereocenters. The smallest absolute Gasteiger partial charge is 0.272 e. The van der Waals surface area contributed by atoms with Crippen LogP contribution in [-0.2, 0) is 9.59 Å². The minimum absolute atomic E-state index is 0.152. The van der Waals surface area contributed by atoms with E-state index in [9.17, 15) is 9.59 Å². The molecule has 0 bridgehead atoms. The van der Waals surface area contributed by atoms with Crippen LogP contribution in [0.3, 0.4) is 0 Å². The average Bonchev–Trinajstić information content (AvgIpc) is 2.96. The van der Waals surface area contributed by atoms with Crippen molar-refractivity contribution in [3.05, 3.63) is 77.2 Å². The molecule has 5 heteroatoms. The molecule has 0 unspecified atom stereocenters. The zero-order valence-electron chi connectivity index (χ0n) is 16.5. The van der Waals surface area contributed by atoms with E-state index < -0.39 is 0 Å². The van der Waals surface area contributed by atoms with Gasteiger partial charge in [0.25, 0.3) is 11.8 Å². The fraction of sp³-hybridized carbons (Fsp3) is 0.167. The van der Waals surface area contributed by atoms with Crippen LogP contribution in [0.2, 0.25) is 0 Å². The molecule has 0 saturated heterocycles. The van der Waals surface area contributed by atoms with E-state index in [-0.39, 0.29) is 17.1 Å². The second-order valence-electron chi connectivity index (χ2n) is 7.02. The van der Waals surface area contributed by atoms with Gasteiger partial charge in [-0.3, -0.25) is 9.59 Å². The maximum absolute atomic E-state index is 13.6. The second kappa shape index (κ2) is 7.76. The molecule has 3 aromatic rings. The third-order valence-corrected chi connectivity index (χ3v) is 5.86. The number of amides is 2. The number of methoxy groups -OCH3 is 1. The molecule has 0 N–H and O–H groups in total. The van der Waals surface area contributed by atoms with Crippen LogP contribution < -0.4 is 9.64 Å². The van der Waals surface area contributed by atoms with Gasteiger partial charge in [-0.2, -0.15) is 0 Å². The van der Waals surface area contributed by atoms with E-state index in [4.69, 9.17) is 4.74 Å². The number of ether oxygens (including phenoxy) is 1. The summed E-state index contributed by atoms with van der Waals surface area (Å²) in [4.78, 5) is 28.8. The van der Waals surface area contributed by atoms with Crippen LogP contribution >= 0.6 is 11.8 Å². The van der Waals surface area contributed by atoms with Crippen LogP contribution in [0.4, 0.5) is 5.69 Å². The predicted molar refractivity (Wildman–Crippen MR) is 119 cm³/mol. The molecule has 1 aliphatic heterocycles. The molecule has 0 fully saturated rings. The fourth-order valence-electron chi connectivity index (χ4n) is 3.57. The highest BCUT2D eigenvalue weighted by Gasteiger charge is 2.41. The Bertz CT molecular complexity index is 1140. The number of para-hydroxylation sites is 1. The first-order chi connectivity index (χ1) is 14.0. The van der Waals surface area contributed by atoms with Crippen molar-refractivity contribution in [1.82, 2.24) is 0 Å². The van der Waals surface area contributed by atoms with Gasteiger partial charge in [-0.25, -0.2) is 4.90 Å². The van der Waals surface area contributed by atoms with Crippen LogP contribution in [-0.4, -0.2) is 24.2 Å². The van der Waals surface area contributed by atoms with Gasteiger partial charge in [0.2, 0.25) is 0 Å². The summed E-state index contributed by atoms with van der Waals surface area (Å²) in [6, 6.07) is 20.8. The number of carbonyl (C=O) groups excluding carboxylic acids is 2. The summed E-state index contributed by atoms with van der Waals surface area (Å²) in [6.45, 7) is 4.02. The Morgan fingerprint density at radius 1 is 0.862 bits per heavy atom. The molecule has 29 heavy (non-hydrogen) atoms. The number of fused-ring (bicyclic) bond motifs is 1. The van der Waals surface area contributed by atoms with Crippen molar-refractivity contribution >= 4 is 45.6 Å². The van der Waals surface area contributed by atoms with Crippen molar-refractivity contribution < 1.29 is 14.3 Å². The van der Waals surface area contributed by atoms with E-state index in [2.05, 4.69) is 0 Å². The highest BCUT2D eigenvalue weighted by Crippen LogP contribution is 2.43. The maximum Gasteiger partial charge on any atom is 0.272 e. The van der Waals surface area contributed by atoms with Gasteiger partial charge in [-0.1, -0.05) is 68.4 Å². The Balaban J connectivity index is 1.91. The standard InChI is InChI=1S/C24H21NO3S/c1-15(2)29-22-21(18-12-6-7-14-20(18)28-3)23(26)25(24(22)27)19-13-8-10-16-9-4-5-11-17(16)19/h4-15H,1-3H3. The fourth-order valence-corrected chi connectivity index (χ4v) is 4.54. The lowest BCUT2D eigenvalue weighted by Gasteiger charge is -2.18. The highest BCUT2D eigenvalue weighted by molar-refractivity contribution is 8.04. The summed E-state index contributed by atoms with van der Waals surface area (Å²) in [5, 5.41) is 2.00. The van der Waals surface area contributed by atoms with Crippen molar-refractivity contribution in [3.63, 3.8) is 0 Å². The third kappa shape index (κ3) is 3.32. The Morgan fingerprint density at radius 3 is 2.31 bits per heavy atom. The van der Waals surface area contributed by atoms with E-state index >= 15 is 0 Å². The van der Waals surface area contributed by atoms with Gasteiger partial charge in [-0.05, 0) is 17.5 Å². The number of anilines is 1. The zero-order valence-corrected chi connectivity index (χ0v) is 17.3. The molecule has 0 aromatic heterocycles. The molecule has 0 spiro atoms. The minimum atomic E-state index is -0.320. The summed E-state index contributed by atoms with van der Waals surface area (Å²) in [7, 11) is 1.57. The number of carbonyl (C=O) groups is 2. The van der Waals surface area contributed by atoms with Crippen LogP contribution in [0, 0.1) is 0 Å². The first kappa shape index (κ1) is 19.3. The van der Waals surface area contributed by atoms with E-state index in [1.54, 1.807) is 13.2 Å². The molecule has 4 nitrogen and oxygen atoms in total. The van der Waals surface area contributed by atoms with Crippen molar-refractivity contribution in [1.29, 1.82) is 0 Å². The number of nitrogens with zero attached hydrogens (tertiary/aromatic N) is 1. The van der Waals surface area contributed by atoms with E-state index in [0.29, 0.717) is 27.5 Å². The normalized spacial score (nSPS) is 14.4. The maximum atomic E-state index is 13.6. The first-order valence-corrected chi connectivity index (χ1v) is 10.3. The number of imide groups is 1. The van der Waals surface area contributed by atoms with Crippen LogP contribution in [0.15, 0.2) is 71.6 Å². The van der Waals surface area contributed by atoms with Crippen molar-refractivity contribution in [2.24, 2.45) is 0 Å². The van der Waals surface area contributed by atoms with E-state index in [0.717, 1.165) is 10.8 Å². The molecule has 1 aliphatic rings. The number of thioether (sulfide) groups is 1. The van der Waals surface area contributed by atoms with Crippen LogP contribution in [0.1, 0.15) is 19.4 Å². The number of hydrogen-bond donors (Lipinski definition) is 0. The van der Waals surface area contributed by atoms with Crippen LogP contribution in [0.25, 0.3) is 16.3 Å². The molecular weight excluding hydrogens is 382 g/mol. The lowest BCUT2D eigenvalue weighted by molar-refractivity contribution is -0.119. The molecule has 3 aromatic carbocycles. The molecular formula is C24H21NO3S. The molecule has 0 aliphatic carbocycles. The van der Waals surface area contributed by atoms with Crippen molar-refractivity contribution in [2.45, 2.75) is 19.1 Å². The SMILES string of the molecule is COc1ccccc1C1=C(SC(C)C)C(=O)N(c2cccc3ccccc23)C1=O. The van der Waals surface area contributed by atoms with Crippen molar-refractivity contribution in [2.75, 3.05) is 12.0 Å². The van der Waals surface area contributed by atoms with E-state index in [1.807, 2.05) is 74.5 Å². The molecule has 0 saturated carbocycles. The van der Waals surface area contributed by atoms with Crippen LogP contribution in [0.5, 0.6) is 5.75 Å². The van der Waals surface area contributed by atoms with Crippen molar-refractivity contribution in [3.8, 4) is 5.75 Å². The summed E-state index contributed by atoms with van der Waals surface area (Å²) >= 11 is 1.41. The van der Waals surface area contributed by atoms with Gasteiger partial charge in [0, 0.05) is 16.2 Å². The second-order valence-corrected chi connectivity index (χ2v) is 8.60. The Morgan fingerprint density at radius 2 is 1.55 bits per heavy atom. The lowest BCUT2D eigenvalue weighted by Crippen LogP contribution is -2.31. The zero-order chi connectivity index (χ0) is 20.5. The average molecular weight is 404 g/mol. The molecule has 1 heterocycles. The van der Waals surface area contributed by atoms with Gasteiger partial charge >= 0.3 is 0 Å². The first-order valence-electron chi connectivity index (χ1n) is 9.43. The number of rotatable bonds is 5. The summed E-state index contributed by atoms with van der Waals surface area (Å²) in [5.74, 6) is -0.0322.